The Morgan fingerprint density at radius 3 is 2.33 bits per heavy atom. The summed E-state index contributed by atoms with van der Waals surface area (Å²) in [6.07, 6.45) is 0.164. The van der Waals surface area contributed by atoms with Gasteiger partial charge in [0.1, 0.15) is 0 Å². The van der Waals surface area contributed by atoms with Crippen LogP contribution in [-0.4, -0.2) is 21.6 Å². The largest absolute Gasteiger partial charge is 0.273 e. The number of thioether (sulfide) groups is 1. The Bertz CT molecular complexity index is 1110. The van der Waals surface area contributed by atoms with Crippen molar-refractivity contribution >= 4 is 35.2 Å². The van der Waals surface area contributed by atoms with Crippen LogP contribution in [0, 0.1) is 19.8 Å². The first-order valence-corrected chi connectivity index (χ1v) is 12.2. The lowest BCUT2D eigenvalue weighted by Gasteiger charge is -2.09. The molecular weight excluding hydrogens is 456 g/mol. The zero-order valence-electron chi connectivity index (χ0n) is 19.3. The van der Waals surface area contributed by atoms with Gasteiger partial charge in [0, 0.05) is 39.0 Å². The van der Waals surface area contributed by atoms with Crippen LogP contribution in [0.25, 0.3) is 0 Å². The van der Waals surface area contributed by atoms with Gasteiger partial charge in [-0.25, -0.2) is 0 Å². The fraction of sp³-hybridized carbons (Fsp3) is 0.320. The Kier molecular flexibility index (Phi) is 8.58. The molecule has 0 aliphatic heterocycles. The predicted octanol–water partition coefficient (Wildman–Crippen LogP) is 5.11. The van der Waals surface area contributed by atoms with Gasteiger partial charge in [0.05, 0.1) is 12.1 Å². The van der Waals surface area contributed by atoms with Gasteiger partial charge in [0.15, 0.2) is 0 Å². The van der Waals surface area contributed by atoms with Crippen molar-refractivity contribution in [2.75, 3.05) is 0 Å². The highest BCUT2D eigenvalue weighted by Crippen LogP contribution is 2.24. The van der Waals surface area contributed by atoms with E-state index < -0.39 is 0 Å². The van der Waals surface area contributed by atoms with E-state index in [-0.39, 0.29) is 18.2 Å². The van der Waals surface area contributed by atoms with E-state index in [4.69, 9.17) is 11.6 Å². The molecule has 2 amide bonds. The molecule has 0 unspecified atom stereocenters. The van der Waals surface area contributed by atoms with E-state index in [2.05, 4.69) is 29.8 Å². The molecule has 1 heterocycles. The Hall–Kier alpha value is -2.77. The summed E-state index contributed by atoms with van der Waals surface area (Å²) in [7, 11) is 0. The van der Waals surface area contributed by atoms with Crippen molar-refractivity contribution in [3.63, 3.8) is 0 Å². The first-order valence-electron chi connectivity index (χ1n) is 10.8. The normalized spacial score (nSPS) is 11.0. The second kappa shape index (κ2) is 11.4. The van der Waals surface area contributed by atoms with Gasteiger partial charge in [-0.2, -0.15) is 5.10 Å². The number of hydrogen-bond donors (Lipinski definition) is 2. The molecule has 1 aromatic heterocycles. The zero-order chi connectivity index (χ0) is 24.0. The van der Waals surface area contributed by atoms with E-state index in [1.807, 2.05) is 54.9 Å². The van der Waals surface area contributed by atoms with Crippen LogP contribution < -0.4 is 10.9 Å². The van der Waals surface area contributed by atoms with E-state index in [9.17, 15) is 9.59 Å². The van der Waals surface area contributed by atoms with E-state index >= 15 is 0 Å². The standard InChI is InChI=1S/C25H29ClN4O2S/c1-16(2)14-30-18(4)23(17(3)29-30)13-24(31)27-28-25(32)20-7-5-19(6-8-20)15-33-22-11-9-21(26)10-12-22/h5-12,16H,13-15H2,1-4H3,(H,27,31)(H,28,32). The molecule has 3 rings (SSSR count). The number of carbonyl (C=O) groups is 2. The van der Waals surface area contributed by atoms with Gasteiger partial charge in [-0.05, 0) is 61.7 Å². The molecule has 0 saturated heterocycles. The molecule has 2 aromatic carbocycles. The number of hydrazine groups is 1. The molecule has 8 heteroatoms. The van der Waals surface area contributed by atoms with Crippen molar-refractivity contribution in [1.29, 1.82) is 0 Å². The van der Waals surface area contributed by atoms with Crippen LogP contribution in [-0.2, 0) is 23.5 Å². The molecule has 33 heavy (non-hydrogen) atoms. The molecule has 174 valence electrons. The van der Waals surface area contributed by atoms with Gasteiger partial charge in [0.25, 0.3) is 5.91 Å². The van der Waals surface area contributed by atoms with Crippen molar-refractivity contribution in [3.8, 4) is 0 Å². The highest BCUT2D eigenvalue weighted by molar-refractivity contribution is 7.98. The Morgan fingerprint density at radius 1 is 1.03 bits per heavy atom. The lowest BCUT2D eigenvalue weighted by atomic mass is 10.1. The Labute approximate surface area is 204 Å². The summed E-state index contributed by atoms with van der Waals surface area (Å²) in [4.78, 5) is 26.0. The number of carbonyl (C=O) groups excluding carboxylic acids is 2. The molecule has 0 aliphatic carbocycles. The number of hydrogen-bond acceptors (Lipinski definition) is 4. The lowest BCUT2D eigenvalue weighted by molar-refractivity contribution is -0.121. The van der Waals surface area contributed by atoms with Crippen LogP contribution in [0.3, 0.4) is 0 Å². The Balaban J connectivity index is 1.49. The summed E-state index contributed by atoms with van der Waals surface area (Å²) < 4.78 is 1.94. The fourth-order valence-electron chi connectivity index (χ4n) is 3.37. The lowest BCUT2D eigenvalue weighted by Crippen LogP contribution is -2.42. The van der Waals surface area contributed by atoms with Gasteiger partial charge < -0.3 is 0 Å². The number of aromatic nitrogens is 2. The summed E-state index contributed by atoms with van der Waals surface area (Å²) in [5.74, 6) is 0.605. The summed E-state index contributed by atoms with van der Waals surface area (Å²) in [6.45, 7) is 8.93. The van der Waals surface area contributed by atoms with Gasteiger partial charge in [-0.15, -0.1) is 11.8 Å². The summed E-state index contributed by atoms with van der Waals surface area (Å²) in [6, 6.07) is 15.0. The van der Waals surface area contributed by atoms with Crippen LogP contribution in [0.4, 0.5) is 0 Å². The summed E-state index contributed by atoms with van der Waals surface area (Å²) >= 11 is 7.61. The third-order valence-electron chi connectivity index (χ3n) is 5.16. The first kappa shape index (κ1) is 24.9. The SMILES string of the molecule is Cc1nn(CC(C)C)c(C)c1CC(=O)NNC(=O)c1ccc(CSc2ccc(Cl)cc2)cc1. The van der Waals surface area contributed by atoms with Crippen LogP contribution in [0.2, 0.25) is 5.02 Å². The molecular formula is C25H29ClN4O2S. The minimum absolute atomic E-state index is 0.164. The number of rotatable bonds is 8. The second-order valence-corrected chi connectivity index (χ2v) is 9.83. The molecule has 0 bridgehead atoms. The molecule has 6 nitrogen and oxygen atoms in total. The maximum Gasteiger partial charge on any atom is 0.269 e. The number of benzene rings is 2. The smallest absolute Gasteiger partial charge is 0.269 e. The number of nitrogens with zero attached hydrogens (tertiary/aromatic N) is 2. The topological polar surface area (TPSA) is 76.0 Å². The minimum Gasteiger partial charge on any atom is -0.273 e. The van der Waals surface area contributed by atoms with E-state index in [1.54, 1.807) is 23.9 Å². The number of aryl methyl sites for hydroxylation is 1. The monoisotopic (exact) mass is 484 g/mol. The number of nitrogens with one attached hydrogen (secondary N) is 2. The van der Waals surface area contributed by atoms with Crippen molar-refractivity contribution in [2.45, 2.75) is 51.3 Å². The zero-order valence-corrected chi connectivity index (χ0v) is 20.9. The van der Waals surface area contributed by atoms with Crippen LogP contribution in [0.5, 0.6) is 0 Å². The highest BCUT2D eigenvalue weighted by Gasteiger charge is 2.16. The van der Waals surface area contributed by atoms with Crippen molar-refractivity contribution < 1.29 is 9.59 Å². The summed E-state index contributed by atoms with van der Waals surface area (Å²) in [5.41, 5.74) is 9.29. The highest BCUT2D eigenvalue weighted by atomic mass is 35.5. The van der Waals surface area contributed by atoms with Crippen LogP contribution in [0.1, 0.15) is 46.7 Å². The van der Waals surface area contributed by atoms with E-state index in [1.165, 1.54) is 0 Å². The molecule has 0 radical (unpaired) electrons. The average Bonchev–Trinajstić information content (AvgIpc) is 3.04. The minimum atomic E-state index is -0.357. The molecule has 0 atom stereocenters. The maximum atomic E-state index is 12.4. The van der Waals surface area contributed by atoms with Crippen LogP contribution in [0.15, 0.2) is 53.4 Å². The second-order valence-electron chi connectivity index (χ2n) is 8.34. The van der Waals surface area contributed by atoms with Gasteiger partial charge in [0.2, 0.25) is 5.91 Å². The fourth-order valence-corrected chi connectivity index (χ4v) is 4.35. The third-order valence-corrected chi connectivity index (χ3v) is 6.49. The first-order chi connectivity index (χ1) is 15.7. The molecule has 2 N–H and O–H groups in total. The molecule has 3 aromatic rings. The number of amides is 2. The van der Waals surface area contributed by atoms with E-state index in [0.717, 1.165) is 39.7 Å². The summed E-state index contributed by atoms with van der Waals surface area (Å²) in [5, 5.41) is 5.25. The molecule has 0 fully saturated rings. The van der Waals surface area contributed by atoms with E-state index in [0.29, 0.717) is 16.5 Å². The van der Waals surface area contributed by atoms with Gasteiger partial charge in [-0.1, -0.05) is 37.6 Å². The van der Waals surface area contributed by atoms with Crippen LogP contribution >= 0.6 is 23.4 Å². The van der Waals surface area contributed by atoms with Crippen molar-refractivity contribution in [1.82, 2.24) is 20.6 Å². The quantitative estimate of drug-likeness (QED) is 0.344. The average molecular weight is 485 g/mol. The van der Waals surface area contributed by atoms with Crippen molar-refractivity contribution in [3.05, 3.63) is 81.6 Å². The van der Waals surface area contributed by atoms with Gasteiger partial charge >= 0.3 is 0 Å². The third kappa shape index (κ3) is 7.11. The number of halogens is 1. The maximum absolute atomic E-state index is 12.4. The molecule has 0 saturated carbocycles. The Morgan fingerprint density at radius 2 is 1.70 bits per heavy atom. The molecule has 0 spiro atoms. The molecule has 0 aliphatic rings. The predicted molar refractivity (Wildman–Crippen MR) is 133 cm³/mol. The van der Waals surface area contributed by atoms with Gasteiger partial charge in [-0.3, -0.25) is 25.1 Å². The van der Waals surface area contributed by atoms with Crippen molar-refractivity contribution in [2.24, 2.45) is 5.92 Å².